The number of hydrogen-bond donors (Lipinski definition) is 2. The Morgan fingerprint density at radius 1 is 1.18 bits per heavy atom. The number of halogens is 3. The minimum Gasteiger partial charge on any atom is -0.489 e. The quantitative estimate of drug-likeness (QED) is 0.396. The average molecular weight is 544 g/mol. The first-order valence-electron chi connectivity index (χ1n) is 13.4. The van der Waals surface area contributed by atoms with Gasteiger partial charge in [0.2, 0.25) is 5.91 Å². The number of fused-ring (bicyclic) bond motifs is 1. The molecule has 2 aliphatic rings. The summed E-state index contributed by atoms with van der Waals surface area (Å²) in [6.07, 6.45) is 2.67. The number of carbonyl (C=O) groups excluding carboxylic acids is 2. The van der Waals surface area contributed by atoms with Gasteiger partial charge in [0.05, 0.1) is 23.3 Å². The second-order valence-corrected chi connectivity index (χ2v) is 10.8. The zero-order valence-electron chi connectivity index (χ0n) is 21.9. The van der Waals surface area contributed by atoms with Gasteiger partial charge in [0.25, 0.3) is 5.91 Å². The lowest BCUT2D eigenvalue weighted by Gasteiger charge is -2.30. The number of pyridine rings is 1. The number of carbonyl (C=O) groups is 2. The van der Waals surface area contributed by atoms with Crippen molar-refractivity contribution in [3.63, 3.8) is 0 Å². The van der Waals surface area contributed by atoms with Gasteiger partial charge in [0.15, 0.2) is 0 Å². The van der Waals surface area contributed by atoms with Crippen molar-refractivity contribution in [3.8, 4) is 5.75 Å². The Kier molecular flexibility index (Phi) is 7.51. The third-order valence-electron chi connectivity index (χ3n) is 7.73. The molecular formula is C28H32F3N5O3. The van der Waals surface area contributed by atoms with E-state index >= 15 is 0 Å². The number of benzene rings is 1. The lowest BCUT2D eigenvalue weighted by molar-refractivity contribution is -0.141. The van der Waals surface area contributed by atoms with Crippen LogP contribution in [0.5, 0.6) is 5.75 Å². The number of alkyl halides is 3. The number of aromatic nitrogens is 3. The first-order valence-corrected chi connectivity index (χ1v) is 13.4. The third-order valence-corrected chi connectivity index (χ3v) is 7.73. The molecule has 3 aromatic rings. The smallest absolute Gasteiger partial charge is 0.433 e. The van der Waals surface area contributed by atoms with Crippen molar-refractivity contribution in [2.45, 2.75) is 70.6 Å². The monoisotopic (exact) mass is 543 g/mol. The van der Waals surface area contributed by atoms with E-state index in [1.54, 1.807) is 12.1 Å². The van der Waals surface area contributed by atoms with Crippen LogP contribution in [0.2, 0.25) is 0 Å². The van der Waals surface area contributed by atoms with Crippen LogP contribution in [0.3, 0.4) is 0 Å². The summed E-state index contributed by atoms with van der Waals surface area (Å²) in [6, 6.07) is 6.73. The molecule has 2 N–H and O–H groups in total. The fourth-order valence-electron chi connectivity index (χ4n) is 5.41. The summed E-state index contributed by atoms with van der Waals surface area (Å²) in [7, 11) is 0. The molecule has 0 spiro atoms. The van der Waals surface area contributed by atoms with E-state index in [1.807, 2.05) is 10.9 Å². The summed E-state index contributed by atoms with van der Waals surface area (Å²) in [5.74, 6) is 0.851. The number of nitrogens with zero attached hydrogens (tertiary/aromatic N) is 3. The number of hydrogen-bond acceptors (Lipinski definition) is 5. The first-order chi connectivity index (χ1) is 18.6. The van der Waals surface area contributed by atoms with Gasteiger partial charge in [-0.3, -0.25) is 14.3 Å². The van der Waals surface area contributed by atoms with Crippen molar-refractivity contribution in [1.82, 2.24) is 20.1 Å². The molecule has 2 fully saturated rings. The van der Waals surface area contributed by atoms with Crippen LogP contribution in [-0.4, -0.2) is 39.2 Å². The van der Waals surface area contributed by atoms with E-state index in [1.165, 1.54) is 6.07 Å². The van der Waals surface area contributed by atoms with E-state index in [-0.39, 0.29) is 30.3 Å². The van der Waals surface area contributed by atoms with Crippen LogP contribution in [-0.2, 0) is 11.0 Å². The summed E-state index contributed by atoms with van der Waals surface area (Å²) in [5.41, 5.74) is -0.537. The largest absolute Gasteiger partial charge is 0.489 e. The molecule has 1 saturated carbocycles. The van der Waals surface area contributed by atoms with Crippen molar-refractivity contribution in [3.05, 3.63) is 47.9 Å². The Bertz CT molecular complexity index is 1360. The molecule has 1 atom stereocenters. The van der Waals surface area contributed by atoms with Crippen molar-refractivity contribution in [1.29, 1.82) is 0 Å². The number of amides is 2. The maximum absolute atomic E-state index is 13.1. The van der Waals surface area contributed by atoms with E-state index in [9.17, 15) is 22.8 Å². The fourth-order valence-corrected chi connectivity index (χ4v) is 5.41. The predicted octanol–water partition coefficient (Wildman–Crippen LogP) is 5.75. The molecule has 1 aliphatic carbocycles. The van der Waals surface area contributed by atoms with Gasteiger partial charge in [0, 0.05) is 24.1 Å². The molecule has 2 aromatic heterocycles. The van der Waals surface area contributed by atoms with Crippen LogP contribution >= 0.6 is 0 Å². The molecule has 39 heavy (non-hydrogen) atoms. The maximum atomic E-state index is 13.1. The minimum atomic E-state index is -4.67. The van der Waals surface area contributed by atoms with E-state index in [2.05, 4.69) is 29.5 Å². The normalized spacial score (nSPS) is 21.8. The maximum Gasteiger partial charge on any atom is 0.433 e. The zero-order valence-corrected chi connectivity index (χ0v) is 21.9. The van der Waals surface area contributed by atoms with Gasteiger partial charge in [-0.05, 0) is 62.1 Å². The van der Waals surface area contributed by atoms with Gasteiger partial charge >= 0.3 is 6.18 Å². The Balaban J connectivity index is 1.41. The molecule has 0 radical (unpaired) electrons. The Morgan fingerprint density at radius 2 is 1.95 bits per heavy atom. The van der Waals surface area contributed by atoms with E-state index in [4.69, 9.17) is 9.84 Å². The highest BCUT2D eigenvalue weighted by Gasteiger charge is 2.33. The molecule has 8 nitrogen and oxygen atoms in total. The summed E-state index contributed by atoms with van der Waals surface area (Å²) in [6.45, 7) is 4.70. The second-order valence-electron chi connectivity index (χ2n) is 10.8. The molecule has 0 unspecified atom stereocenters. The van der Waals surface area contributed by atoms with Gasteiger partial charge in [-0.2, -0.15) is 18.3 Å². The molecule has 1 aliphatic heterocycles. The van der Waals surface area contributed by atoms with Crippen molar-refractivity contribution in [2.24, 2.45) is 11.8 Å². The summed E-state index contributed by atoms with van der Waals surface area (Å²) >= 11 is 0. The molecule has 5 rings (SSSR count). The van der Waals surface area contributed by atoms with E-state index in [0.29, 0.717) is 41.6 Å². The zero-order chi connectivity index (χ0) is 27.7. The van der Waals surface area contributed by atoms with Crippen LogP contribution in [0.25, 0.3) is 10.9 Å². The van der Waals surface area contributed by atoms with Gasteiger partial charge in [-0.15, -0.1) is 0 Å². The molecule has 1 saturated heterocycles. The van der Waals surface area contributed by atoms with Crippen LogP contribution in [0.4, 0.5) is 18.9 Å². The van der Waals surface area contributed by atoms with Crippen molar-refractivity contribution >= 4 is 28.4 Å². The number of ether oxygens (including phenoxy) is 1. The Labute approximate surface area is 224 Å². The lowest BCUT2D eigenvalue weighted by atomic mass is 9.80. The summed E-state index contributed by atoms with van der Waals surface area (Å²) in [4.78, 5) is 28.0. The molecule has 2 amide bonds. The molecule has 1 aromatic carbocycles. The van der Waals surface area contributed by atoms with Crippen LogP contribution in [0.1, 0.15) is 74.6 Å². The topological polar surface area (TPSA) is 98.1 Å². The Hall–Kier alpha value is -3.63. The summed E-state index contributed by atoms with van der Waals surface area (Å²) < 4.78 is 47.4. The number of rotatable bonds is 7. The van der Waals surface area contributed by atoms with Crippen LogP contribution in [0.15, 0.2) is 36.5 Å². The van der Waals surface area contributed by atoms with E-state index < -0.39 is 17.8 Å². The SMILES string of the molecule is CC(C)[C@H]1CC[C@H](n2cc3cc(NC(=O)c4cccc(C(F)(F)F)n4)c(OC[C@H]4CCC(=O)N4)cc3n2)CC1. The van der Waals surface area contributed by atoms with Crippen molar-refractivity contribution in [2.75, 3.05) is 11.9 Å². The Morgan fingerprint density at radius 3 is 2.62 bits per heavy atom. The average Bonchev–Trinajstić information content (AvgIpc) is 3.52. The second kappa shape index (κ2) is 10.9. The van der Waals surface area contributed by atoms with Gasteiger partial charge < -0.3 is 15.4 Å². The van der Waals surface area contributed by atoms with Gasteiger partial charge in [0.1, 0.15) is 23.7 Å². The number of nitrogens with one attached hydrogen (secondary N) is 2. The van der Waals surface area contributed by atoms with E-state index in [0.717, 1.165) is 43.2 Å². The highest BCUT2D eigenvalue weighted by Crippen LogP contribution is 2.37. The third kappa shape index (κ3) is 6.17. The standard InChI is InChI=1S/C28H32F3N5O3/c1-16(2)17-6-9-20(10-7-17)36-14-18-12-23(34-27(38)21-4-3-5-25(33-21)28(29,30)31)24(13-22(18)35-36)39-15-19-8-11-26(37)32-19/h3-5,12-14,16-17,19-20H,6-11,15H2,1-2H3,(H,32,37)(H,34,38)/t17-,19-,20-/m1/s1. The molecule has 0 bridgehead atoms. The molecular weight excluding hydrogens is 511 g/mol. The van der Waals surface area contributed by atoms with Gasteiger partial charge in [-0.25, -0.2) is 4.98 Å². The molecule has 208 valence electrons. The lowest BCUT2D eigenvalue weighted by Crippen LogP contribution is -2.31. The molecule has 11 heteroatoms. The predicted molar refractivity (Wildman–Crippen MR) is 139 cm³/mol. The minimum absolute atomic E-state index is 0.0471. The van der Waals surface area contributed by atoms with Crippen LogP contribution < -0.4 is 15.4 Å². The fraction of sp³-hybridized carbons (Fsp3) is 0.500. The molecule has 3 heterocycles. The van der Waals surface area contributed by atoms with Crippen LogP contribution in [0, 0.1) is 11.8 Å². The first kappa shape index (κ1) is 27.0. The van der Waals surface area contributed by atoms with Crippen molar-refractivity contribution < 1.29 is 27.5 Å². The number of anilines is 1. The highest BCUT2D eigenvalue weighted by molar-refractivity contribution is 6.05. The summed E-state index contributed by atoms with van der Waals surface area (Å²) in [5, 5.41) is 11.1. The van der Waals surface area contributed by atoms with Gasteiger partial charge in [-0.1, -0.05) is 19.9 Å². The highest BCUT2D eigenvalue weighted by atomic mass is 19.4.